The van der Waals surface area contributed by atoms with E-state index in [1.165, 1.54) is 11.3 Å². The number of thiazole rings is 1. The molecule has 1 amide bonds. The number of hydrogen-bond donors (Lipinski definition) is 2. The highest BCUT2D eigenvalue weighted by molar-refractivity contribution is 7.22. The van der Waals surface area contributed by atoms with E-state index in [9.17, 15) is 4.79 Å². The molecular weight excluding hydrogens is 370 g/mol. The summed E-state index contributed by atoms with van der Waals surface area (Å²) in [6.45, 7) is 2.41. The van der Waals surface area contributed by atoms with Crippen LogP contribution in [-0.2, 0) is 0 Å². The van der Waals surface area contributed by atoms with Gasteiger partial charge in [0, 0.05) is 17.3 Å². The highest BCUT2D eigenvalue weighted by Gasteiger charge is 2.13. The van der Waals surface area contributed by atoms with Crippen molar-refractivity contribution >= 4 is 38.3 Å². The number of carbonyl (C=O) groups is 1. The number of benzene rings is 3. The van der Waals surface area contributed by atoms with Gasteiger partial charge in [0.25, 0.3) is 5.91 Å². The van der Waals surface area contributed by atoms with E-state index in [1.807, 2.05) is 67.6 Å². The van der Waals surface area contributed by atoms with Crippen molar-refractivity contribution in [2.24, 2.45) is 0 Å². The second kappa shape index (κ2) is 7.70. The molecule has 1 heterocycles. The van der Waals surface area contributed by atoms with E-state index >= 15 is 0 Å². The fraction of sp³-hybridized carbons (Fsp3) is 0.0909. The van der Waals surface area contributed by atoms with E-state index in [-0.39, 0.29) is 5.91 Å². The summed E-state index contributed by atoms with van der Waals surface area (Å²) < 4.78 is 6.54. The lowest BCUT2D eigenvalue weighted by molar-refractivity contribution is 0.102. The third kappa shape index (κ3) is 3.68. The number of nitrogens with two attached hydrogens (primary N) is 1. The fourth-order valence-corrected chi connectivity index (χ4v) is 3.79. The zero-order chi connectivity index (χ0) is 19.5. The quantitative estimate of drug-likeness (QED) is 0.492. The molecule has 3 N–H and O–H groups in total. The highest BCUT2D eigenvalue weighted by Crippen LogP contribution is 2.34. The first kappa shape index (κ1) is 18.0. The van der Waals surface area contributed by atoms with Gasteiger partial charge in [-0.1, -0.05) is 53.8 Å². The molecule has 0 spiro atoms. The molecule has 6 heteroatoms. The van der Waals surface area contributed by atoms with Crippen LogP contribution in [0.25, 0.3) is 21.3 Å². The van der Waals surface area contributed by atoms with Crippen LogP contribution in [0.5, 0.6) is 5.75 Å². The average Bonchev–Trinajstić information content (AvgIpc) is 3.09. The topological polar surface area (TPSA) is 77.2 Å². The third-order valence-corrected chi connectivity index (χ3v) is 5.12. The predicted molar refractivity (Wildman–Crippen MR) is 115 cm³/mol. The van der Waals surface area contributed by atoms with Crippen LogP contribution in [0.1, 0.15) is 17.3 Å². The van der Waals surface area contributed by atoms with Crippen molar-refractivity contribution in [1.82, 2.24) is 4.98 Å². The summed E-state index contributed by atoms with van der Waals surface area (Å²) in [7, 11) is 0. The van der Waals surface area contributed by atoms with Gasteiger partial charge in [-0.2, -0.15) is 0 Å². The summed E-state index contributed by atoms with van der Waals surface area (Å²) in [5.41, 5.74) is 9.96. The van der Waals surface area contributed by atoms with Gasteiger partial charge in [0.15, 0.2) is 5.13 Å². The molecule has 0 bridgehead atoms. The van der Waals surface area contributed by atoms with E-state index in [0.29, 0.717) is 28.7 Å². The molecule has 0 saturated carbocycles. The van der Waals surface area contributed by atoms with Gasteiger partial charge in [0.1, 0.15) is 11.3 Å². The first-order valence-electron chi connectivity index (χ1n) is 8.93. The largest absolute Gasteiger partial charge is 0.491 e. The molecule has 3 aromatic carbocycles. The molecule has 140 valence electrons. The van der Waals surface area contributed by atoms with Crippen LogP contribution in [0.4, 0.5) is 10.8 Å². The van der Waals surface area contributed by atoms with Crippen molar-refractivity contribution in [3.8, 4) is 16.9 Å². The van der Waals surface area contributed by atoms with E-state index in [2.05, 4.69) is 10.3 Å². The molecule has 0 aliphatic carbocycles. The zero-order valence-corrected chi connectivity index (χ0v) is 16.1. The molecule has 0 atom stereocenters. The van der Waals surface area contributed by atoms with Crippen LogP contribution in [-0.4, -0.2) is 17.5 Å². The first-order chi connectivity index (χ1) is 13.6. The molecule has 5 nitrogen and oxygen atoms in total. The fourth-order valence-electron chi connectivity index (χ4n) is 3.00. The number of rotatable bonds is 5. The standard InChI is InChI=1S/C22H19N3O2S/c1-2-27-18-12-17(13-19-20(18)25-22(23)28-19)24-21(26)16-10-8-15(9-11-16)14-6-4-3-5-7-14/h3-13H,2H2,1H3,(H2,23,25)(H,24,26). The maximum atomic E-state index is 12.7. The van der Waals surface area contributed by atoms with Crippen molar-refractivity contribution in [2.45, 2.75) is 6.92 Å². The van der Waals surface area contributed by atoms with Gasteiger partial charge in [-0.25, -0.2) is 4.98 Å². The van der Waals surface area contributed by atoms with Crippen LogP contribution in [0.2, 0.25) is 0 Å². The zero-order valence-electron chi connectivity index (χ0n) is 15.3. The molecular formula is C22H19N3O2S. The molecule has 0 saturated heterocycles. The number of fused-ring (bicyclic) bond motifs is 1. The lowest BCUT2D eigenvalue weighted by Gasteiger charge is -2.10. The van der Waals surface area contributed by atoms with E-state index in [1.54, 1.807) is 6.07 Å². The molecule has 4 rings (SSSR count). The number of nitrogens with one attached hydrogen (secondary N) is 1. The van der Waals surface area contributed by atoms with Crippen molar-refractivity contribution in [1.29, 1.82) is 0 Å². The Bertz CT molecular complexity index is 1120. The Morgan fingerprint density at radius 2 is 1.79 bits per heavy atom. The number of amides is 1. The maximum absolute atomic E-state index is 12.7. The molecule has 0 aliphatic rings. The van der Waals surface area contributed by atoms with Crippen LogP contribution >= 0.6 is 11.3 Å². The number of nitrogens with zero attached hydrogens (tertiary/aromatic N) is 1. The van der Waals surface area contributed by atoms with Crippen LogP contribution in [0.3, 0.4) is 0 Å². The summed E-state index contributed by atoms with van der Waals surface area (Å²) in [6, 6.07) is 21.2. The van der Waals surface area contributed by atoms with Crippen molar-refractivity contribution in [3.63, 3.8) is 0 Å². The summed E-state index contributed by atoms with van der Waals surface area (Å²) in [5.74, 6) is 0.432. The Kier molecular flexibility index (Phi) is 4.95. The first-order valence-corrected chi connectivity index (χ1v) is 9.75. The van der Waals surface area contributed by atoms with Crippen molar-refractivity contribution in [3.05, 3.63) is 72.3 Å². The molecule has 4 aromatic rings. The van der Waals surface area contributed by atoms with Gasteiger partial charge in [0.05, 0.1) is 11.3 Å². The average molecular weight is 389 g/mol. The van der Waals surface area contributed by atoms with Gasteiger partial charge in [-0.3, -0.25) is 4.79 Å². The number of hydrogen-bond acceptors (Lipinski definition) is 5. The second-order valence-electron chi connectivity index (χ2n) is 6.20. The van der Waals surface area contributed by atoms with E-state index in [4.69, 9.17) is 10.5 Å². The number of anilines is 2. The SMILES string of the molecule is CCOc1cc(NC(=O)c2ccc(-c3ccccc3)cc2)cc2sc(N)nc12. The minimum Gasteiger partial charge on any atom is -0.491 e. The molecule has 1 aromatic heterocycles. The van der Waals surface area contributed by atoms with Gasteiger partial charge < -0.3 is 15.8 Å². The van der Waals surface area contributed by atoms with Gasteiger partial charge in [-0.05, 0) is 36.2 Å². The van der Waals surface area contributed by atoms with Gasteiger partial charge >= 0.3 is 0 Å². The van der Waals surface area contributed by atoms with Gasteiger partial charge in [-0.15, -0.1) is 0 Å². The number of carbonyl (C=O) groups excluding carboxylic acids is 1. The molecule has 0 unspecified atom stereocenters. The Labute approximate surface area is 166 Å². The Morgan fingerprint density at radius 1 is 1.07 bits per heavy atom. The minimum atomic E-state index is -0.182. The monoisotopic (exact) mass is 389 g/mol. The van der Waals surface area contributed by atoms with Crippen LogP contribution in [0.15, 0.2) is 66.7 Å². The molecule has 0 radical (unpaired) electrons. The Balaban J connectivity index is 1.58. The normalized spacial score (nSPS) is 10.8. The summed E-state index contributed by atoms with van der Waals surface area (Å²) >= 11 is 1.36. The smallest absolute Gasteiger partial charge is 0.255 e. The molecule has 0 aliphatic heterocycles. The van der Waals surface area contributed by atoms with Crippen LogP contribution < -0.4 is 15.8 Å². The lowest BCUT2D eigenvalue weighted by Crippen LogP contribution is -2.11. The number of ether oxygens (including phenoxy) is 1. The molecule has 28 heavy (non-hydrogen) atoms. The lowest BCUT2D eigenvalue weighted by atomic mass is 10.0. The Morgan fingerprint density at radius 3 is 2.50 bits per heavy atom. The predicted octanol–water partition coefficient (Wildman–Crippen LogP) is 5.20. The summed E-state index contributed by atoms with van der Waals surface area (Å²) in [5, 5.41) is 3.41. The van der Waals surface area contributed by atoms with E-state index < -0.39 is 0 Å². The summed E-state index contributed by atoms with van der Waals surface area (Å²) in [4.78, 5) is 17.0. The Hall–Kier alpha value is -3.38. The van der Waals surface area contributed by atoms with Gasteiger partial charge in [0.2, 0.25) is 0 Å². The second-order valence-corrected chi connectivity index (χ2v) is 7.27. The highest BCUT2D eigenvalue weighted by atomic mass is 32.1. The van der Waals surface area contributed by atoms with Crippen molar-refractivity contribution < 1.29 is 9.53 Å². The van der Waals surface area contributed by atoms with Crippen molar-refractivity contribution in [2.75, 3.05) is 17.7 Å². The number of aromatic nitrogens is 1. The summed E-state index contributed by atoms with van der Waals surface area (Å²) in [6.07, 6.45) is 0. The van der Waals surface area contributed by atoms with Crippen LogP contribution in [0, 0.1) is 0 Å². The van der Waals surface area contributed by atoms with E-state index in [0.717, 1.165) is 21.3 Å². The number of nitrogen functional groups attached to an aromatic ring is 1. The molecule has 0 fully saturated rings. The maximum Gasteiger partial charge on any atom is 0.255 e. The minimum absolute atomic E-state index is 0.182. The third-order valence-electron chi connectivity index (χ3n) is 4.29.